The zero-order valence-electron chi connectivity index (χ0n) is 18.9. The lowest BCUT2D eigenvalue weighted by Crippen LogP contribution is -2.15. The van der Waals surface area contributed by atoms with Crippen molar-refractivity contribution >= 4 is 29.0 Å². The number of hydrogen-bond acceptors (Lipinski definition) is 7. The standard InChI is InChI=1S/C25H20N6O3S/c1-16-8-9-20(12-17(16)2)30-24(18-6-4-3-5-7-18)28-29-25(30)35-15-23(32)27-22-11-10-21(31(33)34)13-19(22)14-26/h3-13H,15H2,1-2H3,(H,27,32). The summed E-state index contributed by atoms with van der Waals surface area (Å²) in [7, 11) is 0. The molecule has 1 N–H and O–H groups in total. The Hall–Kier alpha value is -4.49. The molecule has 9 nitrogen and oxygen atoms in total. The van der Waals surface area contributed by atoms with Crippen LogP contribution in [0.5, 0.6) is 0 Å². The zero-order valence-corrected chi connectivity index (χ0v) is 19.7. The number of nitrogens with one attached hydrogen (secondary N) is 1. The van der Waals surface area contributed by atoms with E-state index in [-0.39, 0.29) is 28.6 Å². The molecule has 174 valence electrons. The minimum atomic E-state index is -0.591. The summed E-state index contributed by atoms with van der Waals surface area (Å²) in [5, 5.41) is 32.2. The third-order valence-electron chi connectivity index (χ3n) is 5.35. The summed E-state index contributed by atoms with van der Waals surface area (Å²) in [4.78, 5) is 23.0. The van der Waals surface area contributed by atoms with E-state index in [2.05, 4.69) is 15.5 Å². The number of amides is 1. The molecule has 1 aromatic heterocycles. The summed E-state index contributed by atoms with van der Waals surface area (Å²) in [6.07, 6.45) is 0. The molecule has 0 saturated heterocycles. The van der Waals surface area contributed by atoms with Crippen LogP contribution >= 0.6 is 11.8 Å². The van der Waals surface area contributed by atoms with Crippen LogP contribution in [0.3, 0.4) is 0 Å². The molecule has 0 aliphatic rings. The molecule has 0 unspecified atom stereocenters. The number of benzene rings is 3. The van der Waals surface area contributed by atoms with E-state index in [9.17, 15) is 20.2 Å². The summed E-state index contributed by atoms with van der Waals surface area (Å²) >= 11 is 1.20. The Morgan fingerprint density at radius 2 is 1.86 bits per heavy atom. The van der Waals surface area contributed by atoms with Gasteiger partial charge < -0.3 is 5.32 Å². The average molecular weight is 485 g/mol. The summed E-state index contributed by atoms with van der Waals surface area (Å²) in [5.41, 5.74) is 4.05. The van der Waals surface area contributed by atoms with E-state index in [0.717, 1.165) is 28.4 Å². The van der Waals surface area contributed by atoms with Gasteiger partial charge in [-0.2, -0.15) is 5.26 Å². The van der Waals surface area contributed by atoms with Gasteiger partial charge in [0.2, 0.25) is 5.91 Å². The average Bonchev–Trinajstić information content (AvgIpc) is 3.29. The molecule has 0 saturated carbocycles. The third-order valence-corrected chi connectivity index (χ3v) is 6.28. The Morgan fingerprint density at radius 3 is 2.54 bits per heavy atom. The minimum absolute atomic E-state index is 0.000374. The molecule has 0 bridgehead atoms. The summed E-state index contributed by atoms with van der Waals surface area (Å²) in [5.74, 6) is 0.273. The summed E-state index contributed by atoms with van der Waals surface area (Å²) < 4.78 is 1.91. The van der Waals surface area contributed by atoms with Crippen LogP contribution < -0.4 is 5.32 Å². The number of nitrogens with zero attached hydrogens (tertiary/aromatic N) is 5. The number of nitro benzene ring substituents is 1. The van der Waals surface area contributed by atoms with E-state index < -0.39 is 4.92 Å². The number of carbonyl (C=O) groups is 1. The van der Waals surface area contributed by atoms with Gasteiger partial charge in [-0.05, 0) is 43.2 Å². The zero-order chi connectivity index (χ0) is 24.9. The van der Waals surface area contributed by atoms with Crippen molar-refractivity contribution in [3.8, 4) is 23.1 Å². The van der Waals surface area contributed by atoms with Gasteiger partial charge in [0.05, 0.1) is 27.6 Å². The summed E-state index contributed by atoms with van der Waals surface area (Å²) in [6, 6.07) is 21.3. The van der Waals surface area contributed by atoms with Crippen molar-refractivity contribution in [1.82, 2.24) is 14.8 Å². The Balaban J connectivity index is 1.60. The first-order valence-corrected chi connectivity index (χ1v) is 11.6. The molecule has 1 heterocycles. The quantitative estimate of drug-likeness (QED) is 0.221. The molecule has 4 rings (SSSR count). The number of rotatable bonds is 7. The van der Waals surface area contributed by atoms with Crippen molar-refractivity contribution in [3.05, 3.63) is 93.5 Å². The molecule has 3 aromatic carbocycles. The number of carbonyl (C=O) groups excluding carboxylic acids is 1. The highest BCUT2D eigenvalue weighted by Gasteiger charge is 2.18. The SMILES string of the molecule is Cc1ccc(-n2c(SCC(=O)Nc3ccc([N+](=O)[O-])cc3C#N)nnc2-c2ccccc2)cc1C. The molecule has 0 radical (unpaired) electrons. The van der Waals surface area contributed by atoms with Crippen molar-refractivity contribution in [2.45, 2.75) is 19.0 Å². The van der Waals surface area contributed by atoms with Crippen LogP contribution in [-0.2, 0) is 4.79 Å². The first-order valence-electron chi connectivity index (χ1n) is 10.6. The van der Waals surface area contributed by atoms with E-state index in [1.165, 1.54) is 23.9 Å². The lowest BCUT2D eigenvalue weighted by Gasteiger charge is -2.12. The maximum Gasteiger partial charge on any atom is 0.270 e. The van der Waals surface area contributed by atoms with Crippen molar-refractivity contribution in [2.24, 2.45) is 0 Å². The first-order chi connectivity index (χ1) is 16.9. The van der Waals surface area contributed by atoms with Gasteiger partial charge in [0, 0.05) is 17.7 Å². The number of nitriles is 1. The maximum atomic E-state index is 12.7. The molecule has 4 aromatic rings. The highest BCUT2D eigenvalue weighted by Crippen LogP contribution is 2.29. The molecule has 1 amide bonds. The van der Waals surface area contributed by atoms with E-state index in [1.54, 1.807) is 0 Å². The highest BCUT2D eigenvalue weighted by atomic mass is 32.2. The van der Waals surface area contributed by atoms with Crippen molar-refractivity contribution in [1.29, 1.82) is 5.26 Å². The van der Waals surface area contributed by atoms with Crippen LogP contribution in [0.2, 0.25) is 0 Å². The van der Waals surface area contributed by atoms with Gasteiger partial charge in [0.15, 0.2) is 11.0 Å². The molecule has 0 fully saturated rings. The number of thioether (sulfide) groups is 1. The van der Waals surface area contributed by atoms with E-state index in [1.807, 2.05) is 73.0 Å². The number of hydrogen-bond donors (Lipinski definition) is 1. The number of nitro groups is 1. The minimum Gasteiger partial charge on any atom is -0.324 e. The predicted octanol–water partition coefficient (Wildman–Crippen LogP) is 5.06. The fourth-order valence-corrected chi connectivity index (χ4v) is 4.15. The van der Waals surface area contributed by atoms with E-state index in [0.29, 0.717) is 11.0 Å². The van der Waals surface area contributed by atoms with Gasteiger partial charge in [-0.3, -0.25) is 19.5 Å². The molecular formula is C25H20N6O3S. The first kappa shape index (κ1) is 23.7. The smallest absolute Gasteiger partial charge is 0.270 e. The van der Waals surface area contributed by atoms with Crippen molar-refractivity contribution in [2.75, 3.05) is 11.1 Å². The van der Waals surface area contributed by atoms with Gasteiger partial charge in [-0.15, -0.1) is 10.2 Å². The van der Waals surface area contributed by atoms with Gasteiger partial charge in [0.25, 0.3) is 5.69 Å². The van der Waals surface area contributed by atoms with Gasteiger partial charge >= 0.3 is 0 Å². The predicted molar refractivity (Wildman–Crippen MR) is 133 cm³/mol. The van der Waals surface area contributed by atoms with Crippen molar-refractivity contribution < 1.29 is 9.72 Å². The largest absolute Gasteiger partial charge is 0.324 e. The Bertz CT molecular complexity index is 1460. The van der Waals surface area contributed by atoms with Crippen LogP contribution in [-0.4, -0.2) is 31.3 Å². The fourth-order valence-electron chi connectivity index (χ4n) is 3.40. The number of aromatic nitrogens is 3. The second kappa shape index (κ2) is 10.2. The van der Waals surface area contributed by atoms with Gasteiger partial charge in [0.1, 0.15) is 6.07 Å². The normalized spacial score (nSPS) is 10.5. The van der Waals surface area contributed by atoms with Crippen LogP contribution in [0.25, 0.3) is 17.1 Å². The highest BCUT2D eigenvalue weighted by molar-refractivity contribution is 7.99. The monoisotopic (exact) mass is 484 g/mol. The molecular weight excluding hydrogens is 464 g/mol. The van der Waals surface area contributed by atoms with Gasteiger partial charge in [-0.25, -0.2) is 0 Å². The van der Waals surface area contributed by atoms with Gasteiger partial charge in [-0.1, -0.05) is 48.2 Å². The molecule has 10 heteroatoms. The Morgan fingerprint density at radius 1 is 1.09 bits per heavy atom. The Kier molecular flexibility index (Phi) is 6.89. The molecule has 35 heavy (non-hydrogen) atoms. The number of non-ortho nitro benzene ring substituents is 1. The molecule has 0 atom stereocenters. The second-order valence-corrected chi connectivity index (χ2v) is 8.65. The van der Waals surface area contributed by atoms with E-state index in [4.69, 9.17) is 0 Å². The lowest BCUT2D eigenvalue weighted by molar-refractivity contribution is -0.384. The van der Waals surface area contributed by atoms with Crippen molar-refractivity contribution in [3.63, 3.8) is 0 Å². The van der Waals surface area contributed by atoms with E-state index >= 15 is 0 Å². The van der Waals surface area contributed by atoms with Crippen LogP contribution in [0.15, 0.2) is 71.9 Å². The molecule has 0 aliphatic carbocycles. The lowest BCUT2D eigenvalue weighted by atomic mass is 10.1. The molecule has 0 spiro atoms. The third kappa shape index (κ3) is 5.20. The summed E-state index contributed by atoms with van der Waals surface area (Å²) in [6.45, 7) is 4.07. The Labute approximate surface area is 205 Å². The van der Waals surface area contributed by atoms with Crippen LogP contribution in [0, 0.1) is 35.3 Å². The topological polar surface area (TPSA) is 127 Å². The fraction of sp³-hybridized carbons (Fsp3) is 0.120. The van der Waals surface area contributed by atoms with Crippen LogP contribution in [0.4, 0.5) is 11.4 Å². The number of anilines is 1. The molecule has 0 aliphatic heterocycles. The second-order valence-electron chi connectivity index (χ2n) is 7.71. The maximum absolute atomic E-state index is 12.7. The van der Waals surface area contributed by atoms with Crippen LogP contribution in [0.1, 0.15) is 16.7 Å². The number of aryl methyl sites for hydroxylation is 2.